The number of nitrogens with two attached hydrogens (primary N) is 1. The molecule has 0 spiro atoms. The van der Waals surface area contributed by atoms with Crippen molar-refractivity contribution in [2.75, 3.05) is 25.3 Å². The SMILES string of the molecule is COc1ccc(OC)c(NC(=O)c2nnn(-c3ccccc3)c2N)c1. The molecule has 1 heterocycles. The zero-order valence-corrected chi connectivity index (χ0v) is 13.8. The van der Waals surface area contributed by atoms with E-state index in [1.54, 1.807) is 18.2 Å². The summed E-state index contributed by atoms with van der Waals surface area (Å²) in [7, 11) is 3.05. The second-order valence-electron chi connectivity index (χ2n) is 5.09. The van der Waals surface area contributed by atoms with Crippen LogP contribution in [0, 0.1) is 0 Å². The molecule has 8 heteroatoms. The number of ether oxygens (including phenoxy) is 2. The molecule has 0 atom stereocenters. The van der Waals surface area contributed by atoms with Gasteiger partial charge in [-0.3, -0.25) is 4.79 Å². The lowest BCUT2D eigenvalue weighted by Crippen LogP contribution is -2.15. The predicted octanol–water partition coefficient (Wildman–Crippen LogP) is 2.12. The van der Waals surface area contributed by atoms with Gasteiger partial charge in [0.05, 0.1) is 25.6 Å². The van der Waals surface area contributed by atoms with Crippen molar-refractivity contribution in [3.63, 3.8) is 0 Å². The van der Waals surface area contributed by atoms with Gasteiger partial charge in [0.1, 0.15) is 11.5 Å². The van der Waals surface area contributed by atoms with E-state index < -0.39 is 5.91 Å². The van der Waals surface area contributed by atoms with Gasteiger partial charge < -0.3 is 20.5 Å². The van der Waals surface area contributed by atoms with Gasteiger partial charge in [0, 0.05) is 6.07 Å². The first kappa shape index (κ1) is 16.3. The fourth-order valence-electron chi connectivity index (χ4n) is 2.30. The summed E-state index contributed by atoms with van der Waals surface area (Å²) in [5.41, 5.74) is 7.22. The summed E-state index contributed by atoms with van der Waals surface area (Å²) in [6.45, 7) is 0. The maximum Gasteiger partial charge on any atom is 0.280 e. The number of methoxy groups -OCH3 is 2. The lowest BCUT2D eigenvalue weighted by atomic mass is 10.2. The van der Waals surface area contributed by atoms with E-state index in [1.807, 2.05) is 30.3 Å². The van der Waals surface area contributed by atoms with Gasteiger partial charge in [0.25, 0.3) is 5.91 Å². The standard InChI is InChI=1S/C17H17N5O3/c1-24-12-8-9-14(25-2)13(10-12)19-17(23)15-16(18)22(21-20-15)11-6-4-3-5-7-11/h3-10H,18H2,1-2H3,(H,19,23). The zero-order chi connectivity index (χ0) is 17.8. The number of amides is 1. The highest BCUT2D eigenvalue weighted by molar-refractivity contribution is 6.06. The largest absolute Gasteiger partial charge is 0.497 e. The van der Waals surface area contributed by atoms with Crippen molar-refractivity contribution >= 4 is 17.4 Å². The number of hydrogen-bond donors (Lipinski definition) is 2. The number of nitrogens with one attached hydrogen (secondary N) is 1. The number of anilines is 2. The summed E-state index contributed by atoms with van der Waals surface area (Å²) in [5.74, 6) is 0.719. The minimum Gasteiger partial charge on any atom is -0.497 e. The highest BCUT2D eigenvalue weighted by atomic mass is 16.5. The van der Waals surface area contributed by atoms with Crippen LogP contribution in [0.2, 0.25) is 0 Å². The first-order valence-corrected chi connectivity index (χ1v) is 7.44. The molecule has 2 aromatic carbocycles. The zero-order valence-electron chi connectivity index (χ0n) is 13.8. The highest BCUT2D eigenvalue weighted by Gasteiger charge is 2.20. The molecule has 0 radical (unpaired) electrons. The molecule has 0 saturated heterocycles. The molecule has 0 unspecified atom stereocenters. The lowest BCUT2D eigenvalue weighted by molar-refractivity contribution is 0.102. The molecule has 3 aromatic rings. The van der Waals surface area contributed by atoms with Crippen molar-refractivity contribution < 1.29 is 14.3 Å². The Hall–Kier alpha value is -3.55. The molecule has 0 aliphatic rings. The van der Waals surface area contributed by atoms with Crippen LogP contribution in [0.15, 0.2) is 48.5 Å². The molecule has 3 N–H and O–H groups in total. The van der Waals surface area contributed by atoms with E-state index in [9.17, 15) is 4.79 Å². The number of nitrogens with zero attached hydrogens (tertiary/aromatic N) is 3. The number of carbonyl (C=O) groups is 1. The number of hydrogen-bond acceptors (Lipinski definition) is 6. The van der Waals surface area contributed by atoms with E-state index in [0.717, 1.165) is 0 Å². The quantitative estimate of drug-likeness (QED) is 0.738. The Labute approximate surface area is 144 Å². The van der Waals surface area contributed by atoms with E-state index in [-0.39, 0.29) is 11.5 Å². The molecule has 0 aliphatic carbocycles. The summed E-state index contributed by atoms with van der Waals surface area (Å²) in [6.07, 6.45) is 0. The van der Waals surface area contributed by atoms with Gasteiger partial charge in [-0.1, -0.05) is 23.4 Å². The molecule has 1 amide bonds. The van der Waals surface area contributed by atoms with Gasteiger partial charge in [0.15, 0.2) is 11.5 Å². The number of carbonyl (C=O) groups excluding carboxylic acids is 1. The van der Waals surface area contributed by atoms with Crippen LogP contribution >= 0.6 is 0 Å². The summed E-state index contributed by atoms with van der Waals surface area (Å²) in [6, 6.07) is 14.3. The first-order valence-electron chi connectivity index (χ1n) is 7.44. The Morgan fingerprint density at radius 3 is 2.56 bits per heavy atom. The van der Waals surface area contributed by atoms with Crippen LogP contribution in [0.25, 0.3) is 5.69 Å². The molecule has 0 saturated carbocycles. The van der Waals surface area contributed by atoms with Gasteiger partial charge in [-0.15, -0.1) is 5.10 Å². The summed E-state index contributed by atoms with van der Waals surface area (Å²) in [5, 5.41) is 10.6. The Bertz CT molecular complexity index is 893. The summed E-state index contributed by atoms with van der Waals surface area (Å²) in [4.78, 5) is 12.5. The Balaban J connectivity index is 1.89. The maximum absolute atomic E-state index is 12.5. The normalized spacial score (nSPS) is 10.3. The van der Waals surface area contributed by atoms with Crippen molar-refractivity contribution in [3.8, 4) is 17.2 Å². The highest BCUT2D eigenvalue weighted by Crippen LogP contribution is 2.29. The van der Waals surface area contributed by atoms with Gasteiger partial charge in [-0.05, 0) is 24.3 Å². The molecule has 8 nitrogen and oxygen atoms in total. The number of rotatable bonds is 5. The molecular formula is C17H17N5O3. The minimum atomic E-state index is -0.494. The van der Waals surface area contributed by atoms with Crippen molar-refractivity contribution in [2.24, 2.45) is 0 Å². The van der Waals surface area contributed by atoms with Crippen molar-refractivity contribution in [1.82, 2.24) is 15.0 Å². The number of para-hydroxylation sites is 1. The average Bonchev–Trinajstić information content (AvgIpc) is 3.04. The topological polar surface area (TPSA) is 104 Å². The summed E-state index contributed by atoms with van der Waals surface area (Å²) >= 11 is 0. The van der Waals surface area contributed by atoms with Gasteiger partial charge in [-0.25, -0.2) is 0 Å². The van der Waals surface area contributed by atoms with Crippen LogP contribution in [0.5, 0.6) is 11.5 Å². The Morgan fingerprint density at radius 1 is 1.12 bits per heavy atom. The van der Waals surface area contributed by atoms with Crippen molar-refractivity contribution in [1.29, 1.82) is 0 Å². The van der Waals surface area contributed by atoms with E-state index in [4.69, 9.17) is 15.2 Å². The van der Waals surface area contributed by atoms with Crippen LogP contribution in [0.3, 0.4) is 0 Å². The van der Waals surface area contributed by atoms with Crippen LogP contribution < -0.4 is 20.5 Å². The predicted molar refractivity (Wildman–Crippen MR) is 93.3 cm³/mol. The first-order chi connectivity index (χ1) is 12.1. The third-order valence-electron chi connectivity index (χ3n) is 3.58. The molecular weight excluding hydrogens is 322 g/mol. The average molecular weight is 339 g/mol. The number of nitrogen functional groups attached to an aromatic ring is 1. The second-order valence-corrected chi connectivity index (χ2v) is 5.09. The van der Waals surface area contributed by atoms with Gasteiger partial charge >= 0.3 is 0 Å². The van der Waals surface area contributed by atoms with Crippen molar-refractivity contribution in [2.45, 2.75) is 0 Å². The minimum absolute atomic E-state index is 0.0220. The molecule has 25 heavy (non-hydrogen) atoms. The van der Waals surface area contributed by atoms with Crippen molar-refractivity contribution in [3.05, 3.63) is 54.2 Å². The van der Waals surface area contributed by atoms with E-state index in [0.29, 0.717) is 22.9 Å². The third-order valence-corrected chi connectivity index (χ3v) is 3.58. The third kappa shape index (κ3) is 3.23. The number of benzene rings is 2. The summed E-state index contributed by atoms with van der Waals surface area (Å²) < 4.78 is 11.8. The molecule has 3 rings (SSSR count). The van der Waals surface area contributed by atoms with E-state index >= 15 is 0 Å². The molecule has 1 aromatic heterocycles. The van der Waals surface area contributed by atoms with Crippen LogP contribution in [-0.2, 0) is 0 Å². The fourth-order valence-corrected chi connectivity index (χ4v) is 2.30. The van der Waals surface area contributed by atoms with Crippen LogP contribution in [0.4, 0.5) is 11.5 Å². The van der Waals surface area contributed by atoms with Gasteiger partial charge in [-0.2, -0.15) is 4.68 Å². The maximum atomic E-state index is 12.5. The lowest BCUT2D eigenvalue weighted by Gasteiger charge is -2.11. The smallest absolute Gasteiger partial charge is 0.280 e. The monoisotopic (exact) mass is 339 g/mol. The molecule has 0 aliphatic heterocycles. The fraction of sp³-hybridized carbons (Fsp3) is 0.118. The van der Waals surface area contributed by atoms with E-state index in [1.165, 1.54) is 18.9 Å². The molecule has 0 bridgehead atoms. The number of aromatic nitrogens is 3. The van der Waals surface area contributed by atoms with Crippen LogP contribution in [0.1, 0.15) is 10.5 Å². The van der Waals surface area contributed by atoms with Gasteiger partial charge in [0.2, 0.25) is 0 Å². The Morgan fingerprint density at radius 2 is 1.88 bits per heavy atom. The second kappa shape index (κ2) is 6.91. The Kier molecular flexibility index (Phi) is 4.51. The van der Waals surface area contributed by atoms with Crippen LogP contribution in [-0.4, -0.2) is 35.1 Å². The molecule has 0 fully saturated rings. The molecule has 128 valence electrons. The van der Waals surface area contributed by atoms with E-state index in [2.05, 4.69) is 15.6 Å².